The Kier molecular flexibility index (Phi) is 4.98. The lowest BCUT2D eigenvalue weighted by atomic mass is 9.66. The fourth-order valence-electron chi connectivity index (χ4n) is 3.31. The van der Waals surface area contributed by atoms with E-state index in [2.05, 4.69) is 6.92 Å². The Hall–Kier alpha value is -0.730. The molecule has 1 aliphatic carbocycles. The molecule has 1 aromatic rings. The van der Waals surface area contributed by atoms with Gasteiger partial charge in [0.05, 0.1) is 15.5 Å². The molecule has 0 bridgehead atoms. The normalized spacial score (nSPS) is 26.4. The van der Waals surface area contributed by atoms with E-state index in [9.17, 15) is 9.90 Å². The van der Waals surface area contributed by atoms with Crippen molar-refractivity contribution in [1.82, 2.24) is 0 Å². The van der Waals surface area contributed by atoms with Crippen molar-refractivity contribution in [1.29, 1.82) is 0 Å². The summed E-state index contributed by atoms with van der Waals surface area (Å²) in [6.07, 6.45) is 5.08. The zero-order valence-corrected chi connectivity index (χ0v) is 13.2. The van der Waals surface area contributed by atoms with Gasteiger partial charge in [0.2, 0.25) is 0 Å². The van der Waals surface area contributed by atoms with Gasteiger partial charge in [-0.2, -0.15) is 0 Å². The van der Waals surface area contributed by atoms with Gasteiger partial charge in [-0.1, -0.05) is 61.5 Å². The first-order chi connectivity index (χ1) is 9.48. The van der Waals surface area contributed by atoms with E-state index >= 15 is 0 Å². The highest BCUT2D eigenvalue weighted by Gasteiger charge is 2.42. The van der Waals surface area contributed by atoms with Crippen LogP contribution in [-0.4, -0.2) is 11.1 Å². The van der Waals surface area contributed by atoms with E-state index in [0.29, 0.717) is 22.4 Å². The summed E-state index contributed by atoms with van der Waals surface area (Å²) in [7, 11) is 0. The third-order valence-corrected chi connectivity index (χ3v) is 5.40. The van der Waals surface area contributed by atoms with Gasteiger partial charge in [-0.3, -0.25) is 4.79 Å². The van der Waals surface area contributed by atoms with Gasteiger partial charge >= 0.3 is 5.97 Å². The van der Waals surface area contributed by atoms with E-state index in [4.69, 9.17) is 23.2 Å². The second kappa shape index (κ2) is 6.36. The molecule has 1 saturated carbocycles. The molecule has 0 amide bonds. The molecule has 2 unspecified atom stereocenters. The van der Waals surface area contributed by atoms with Crippen molar-refractivity contribution in [3.63, 3.8) is 0 Å². The van der Waals surface area contributed by atoms with Crippen molar-refractivity contribution in [2.75, 3.05) is 0 Å². The lowest BCUT2D eigenvalue weighted by molar-refractivity contribution is -0.152. The van der Waals surface area contributed by atoms with Crippen LogP contribution in [0.5, 0.6) is 0 Å². The summed E-state index contributed by atoms with van der Waals surface area (Å²) in [5, 5.41) is 10.7. The van der Waals surface area contributed by atoms with E-state index in [1.807, 2.05) is 12.1 Å². The van der Waals surface area contributed by atoms with E-state index in [0.717, 1.165) is 37.7 Å². The third-order valence-electron chi connectivity index (χ3n) is 4.54. The molecule has 1 aromatic carbocycles. The summed E-state index contributed by atoms with van der Waals surface area (Å²) in [5.74, 6) is -0.204. The molecule has 0 heterocycles. The quantitative estimate of drug-likeness (QED) is 0.828. The average Bonchev–Trinajstić information content (AvgIpc) is 2.44. The van der Waals surface area contributed by atoms with Crippen LogP contribution in [0.2, 0.25) is 10.0 Å². The topological polar surface area (TPSA) is 37.3 Å². The Labute approximate surface area is 130 Å². The number of hydrogen-bond donors (Lipinski definition) is 1. The summed E-state index contributed by atoms with van der Waals surface area (Å²) < 4.78 is 0. The molecule has 20 heavy (non-hydrogen) atoms. The number of aliphatic carboxylic acids is 1. The molecule has 2 rings (SSSR count). The van der Waals surface area contributed by atoms with Crippen LogP contribution in [-0.2, 0) is 11.2 Å². The van der Waals surface area contributed by atoms with Gasteiger partial charge < -0.3 is 5.11 Å². The molecule has 2 nitrogen and oxygen atoms in total. The van der Waals surface area contributed by atoms with Gasteiger partial charge in [-0.25, -0.2) is 0 Å². The third kappa shape index (κ3) is 3.12. The Morgan fingerprint density at radius 1 is 1.45 bits per heavy atom. The van der Waals surface area contributed by atoms with Crippen molar-refractivity contribution in [2.45, 2.75) is 45.4 Å². The molecule has 1 N–H and O–H groups in total. The SMILES string of the molecule is CCC1CCCC(Cc2cccc(Cl)c2Cl)(C(=O)O)C1. The first-order valence-corrected chi connectivity index (χ1v) is 7.90. The zero-order chi connectivity index (χ0) is 14.8. The summed E-state index contributed by atoms with van der Waals surface area (Å²) in [6, 6.07) is 5.45. The number of rotatable bonds is 4. The molecule has 0 spiro atoms. The second-order valence-electron chi connectivity index (χ2n) is 5.85. The van der Waals surface area contributed by atoms with Gasteiger partial charge in [0.1, 0.15) is 0 Å². The first kappa shape index (κ1) is 15.7. The van der Waals surface area contributed by atoms with Crippen molar-refractivity contribution < 1.29 is 9.90 Å². The fraction of sp³-hybridized carbons (Fsp3) is 0.562. The Balaban J connectivity index is 2.30. The predicted molar refractivity (Wildman–Crippen MR) is 82.5 cm³/mol. The molecular weight excluding hydrogens is 295 g/mol. The fourth-order valence-corrected chi connectivity index (χ4v) is 3.70. The summed E-state index contributed by atoms with van der Waals surface area (Å²) in [6.45, 7) is 2.13. The van der Waals surface area contributed by atoms with Crippen molar-refractivity contribution in [3.8, 4) is 0 Å². The highest BCUT2D eigenvalue weighted by Crippen LogP contribution is 2.44. The van der Waals surface area contributed by atoms with E-state index in [1.54, 1.807) is 6.07 Å². The average molecular weight is 315 g/mol. The van der Waals surface area contributed by atoms with Gasteiger partial charge in [-0.05, 0) is 36.8 Å². The van der Waals surface area contributed by atoms with Crippen molar-refractivity contribution >= 4 is 29.2 Å². The highest BCUT2D eigenvalue weighted by atomic mass is 35.5. The Bertz CT molecular complexity index is 501. The maximum absolute atomic E-state index is 11.9. The molecule has 1 aliphatic rings. The lowest BCUT2D eigenvalue weighted by Gasteiger charge is -2.37. The van der Waals surface area contributed by atoms with Crippen LogP contribution in [0.15, 0.2) is 18.2 Å². The molecule has 0 aliphatic heterocycles. The largest absolute Gasteiger partial charge is 0.481 e. The van der Waals surface area contributed by atoms with Crippen LogP contribution < -0.4 is 0 Å². The molecule has 0 aromatic heterocycles. The summed E-state index contributed by atoms with van der Waals surface area (Å²) in [4.78, 5) is 11.9. The first-order valence-electron chi connectivity index (χ1n) is 7.15. The van der Waals surface area contributed by atoms with E-state index in [-0.39, 0.29) is 0 Å². The van der Waals surface area contributed by atoms with Crippen molar-refractivity contribution in [3.05, 3.63) is 33.8 Å². The standard InChI is InChI=1S/C16H20Cl2O2/c1-2-11-5-4-8-16(9-11,15(19)20)10-12-6-3-7-13(17)14(12)18/h3,6-7,11H,2,4-5,8-10H2,1H3,(H,19,20). The maximum Gasteiger partial charge on any atom is 0.309 e. The van der Waals surface area contributed by atoms with E-state index < -0.39 is 11.4 Å². The monoisotopic (exact) mass is 314 g/mol. The van der Waals surface area contributed by atoms with Crippen LogP contribution in [0.4, 0.5) is 0 Å². The van der Waals surface area contributed by atoms with Gasteiger partial charge in [-0.15, -0.1) is 0 Å². The van der Waals surface area contributed by atoms with Crippen LogP contribution in [0.1, 0.15) is 44.6 Å². The Morgan fingerprint density at radius 2 is 2.20 bits per heavy atom. The minimum atomic E-state index is -0.702. The molecule has 0 saturated heterocycles. The summed E-state index contributed by atoms with van der Waals surface area (Å²) >= 11 is 12.3. The Morgan fingerprint density at radius 3 is 2.85 bits per heavy atom. The van der Waals surface area contributed by atoms with Crippen LogP contribution in [0.3, 0.4) is 0 Å². The second-order valence-corrected chi connectivity index (χ2v) is 6.63. The minimum absolute atomic E-state index is 0.470. The lowest BCUT2D eigenvalue weighted by Crippen LogP contribution is -2.38. The predicted octanol–water partition coefficient (Wildman–Crippen LogP) is 5.21. The molecule has 0 radical (unpaired) electrons. The van der Waals surface area contributed by atoms with Gasteiger partial charge in [0, 0.05) is 0 Å². The van der Waals surface area contributed by atoms with Gasteiger partial charge in [0.25, 0.3) is 0 Å². The number of carboxylic acid groups (broad SMARTS) is 1. The zero-order valence-electron chi connectivity index (χ0n) is 11.7. The molecule has 2 atom stereocenters. The van der Waals surface area contributed by atoms with Crippen molar-refractivity contribution in [2.24, 2.45) is 11.3 Å². The summed E-state index contributed by atoms with van der Waals surface area (Å²) in [5.41, 5.74) is 0.158. The maximum atomic E-state index is 11.9. The smallest absolute Gasteiger partial charge is 0.309 e. The van der Waals surface area contributed by atoms with Crippen LogP contribution in [0, 0.1) is 11.3 Å². The van der Waals surface area contributed by atoms with Crippen LogP contribution >= 0.6 is 23.2 Å². The molecule has 4 heteroatoms. The molecule has 110 valence electrons. The molecular formula is C16H20Cl2O2. The van der Waals surface area contributed by atoms with Crippen LogP contribution in [0.25, 0.3) is 0 Å². The number of hydrogen-bond acceptors (Lipinski definition) is 1. The minimum Gasteiger partial charge on any atom is -0.481 e. The number of halogens is 2. The molecule has 1 fully saturated rings. The number of carbonyl (C=O) groups is 1. The highest BCUT2D eigenvalue weighted by molar-refractivity contribution is 6.42. The van der Waals surface area contributed by atoms with E-state index in [1.165, 1.54) is 0 Å². The van der Waals surface area contributed by atoms with Gasteiger partial charge in [0.15, 0.2) is 0 Å². The number of carboxylic acids is 1. The number of benzene rings is 1.